The van der Waals surface area contributed by atoms with Gasteiger partial charge in [-0.15, -0.1) is 0 Å². The quantitative estimate of drug-likeness (QED) is 0.283. The van der Waals surface area contributed by atoms with E-state index in [1.54, 1.807) is 13.0 Å². The maximum absolute atomic E-state index is 14.1. The van der Waals surface area contributed by atoms with Gasteiger partial charge in [0.25, 0.3) is 0 Å². The summed E-state index contributed by atoms with van der Waals surface area (Å²) in [6.07, 6.45) is -4.69. The minimum Gasteiger partial charge on any atom is -0.488 e. The monoisotopic (exact) mass is 505 g/mol. The van der Waals surface area contributed by atoms with Crippen LogP contribution in [0.1, 0.15) is 27.2 Å². The highest BCUT2D eigenvalue weighted by molar-refractivity contribution is 5.88. The standard InChI is InChI=1S/C26H17F6NO3/c1-14-2-8-23(33(14)18-6-7-21(28)19(12-18)25(34)35)20-10-16(26(30,31)32)4-9-24(20)36-13-15-3-5-17(27)11-22(15)29/h2-12H,13H2,1H3,(H,34,35). The van der Waals surface area contributed by atoms with Gasteiger partial charge < -0.3 is 14.4 Å². The highest BCUT2D eigenvalue weighted by Crippen LogP contribution is 2.39. The number of rotatable bonds is 6. The molecular weight excluding hydrogens is 488 g/mol. The number of aromatic carboxylic acids is 1. The molecule has 0 unspecified atom stereocenters. The Labute approximate surface area is 201 Å². The molecule has 0 saturated heterocycles. The van der Waals surface area contributed by atoms with Crippen molar-refractivity contribution in [3.63, 3.8) is 0 Å². The highest BCUT2D eigenvalue weighted by atomic mass is 19.4. The summed E-state index contributed by atoms with van der Waals surface area (Å²) in [5.41, 5.74) is -0.733. The van der Waals surface area contributed by atoms with Gasteiger partial charge in [0.15, 0.2) is 0 Å². The van der Waals surface area contributed by atoms with E-state index >= 15 is 0 Å². The van der Waals surface area contributed by atoms with Gasteiger partial charge >= 0.3 is 12.1 Å². The van der Waals surface area contributed by atoms with Crippen molar-refractivity contribution in [1.82, 2.24) is 4.57 Å². The van der Waals surface area contributed by atoms with Crippen molar-refractivity contribution in [3.8, 4) is 22.7 Å². The lowest BCUT2D eigenvalue weighted by Gasteiger charge is -2.18. The molecule has 0 aliphatic heterocycles. The molecule has 4 rings (SSSR count). The second-order valence-electron chi connectivity index (χ2n) is 7.90. The van der Waals surface area contributed by atoms with Crippen LogP contribution in [0, 0.1) is 24.4 Å². The van der Waals surface area contributed by atoms with Crippen molar-refractivity contribution in [2.24, 2.45) is 0 Å². The summed E-state index contributed by atoms with van der Waals surface area (Å²) in [7, 11) is 0. The fraction of sp³-hybridized carbons (Fsp3) is 0.115. The first-order chi connectivity index (χ1) is 17.0. The normalized spacial score (nSPS) is 11.5. The van der Waals surface area contributed by atoms with Crippen LogP contribution >= 0.6 is 0 Å². The minimum absolute atomic E-state index is 0.0153. The van der Waals surface area contributed by atoms with Crippen molar-refractivity contribution < 1.29 is 41.0 Å². The maximum Gasteiger partial charge on any atom is 0.416 e. The molecule has 1 aromatic heterocycles. The van der Waals surface area contributed by atoms with E-state index in [2.05, 4.69) is 0 Å². The Morgan fingerprint density at radius 3 is 2.33 bits per heavy atom. The molecule has 4 nitrogen and oxygen atoms in total. The van der Waals surface area contributed by atoms with Gasteiger partial charge in [-0.3, -0.25) is 0 Å². The molecule has 186 valence electrons. The first-order valence-electron chi connectivity index (χ1n) is 10.5. The van der Waals surface area contributed by atoms with Gasteiger partial charge in [0.2, 0.25) is 0 Å². The Morgan fingerprint density at radius 1 is 0.917 bits per heavy atom. The van der Waals surface area contributed by atoms with Crippen LogP contribution in [0.15, 0.2) is 66.7 Å². The fourth-order valence-corrected chi connectivity index (χ4v) is 3.73. The minimum atomic E-state index is -4.69. The lowest BCUT2D eigenvalue weighted by molar-refractivity contribution is -0.137. The summed E-state index contributed by atoms with van der Waals surface area (Å²) < 4.78 is 88.9. The summed E-state index contributed by atoms with van der Waals surface area (Å²) in [5.74, 6) is -4.19. The number of aryl methyl sites for hydroxylation is 1. The molecule has 10 heteroatoms. The summed E-state index contributed by atoms with van der Waals surface area (Å²) in [6, 6.07) is 12.0. The number of alkyl halides is 3. The number of hydrogen-bond acceptors (Lipinski definition) is 2. The topological polar surface area (TPSA) is 51.5 Å². The van der Waals surface area contributed by atoms with Crippen LogP contribution in [0.4, 0.5) is 26.3 Å². The van der Waals surface area contributed by atoms with Gasteiger partial charge in [-0.25, -0.2) is 18.0 Å². The van der Waals surface area contributed by atoms with Gasteiger partial charge in [0.1, 0.15) is 29.8 Å². The van der Waals surface area contributed by atoms with E-state index in [1.807, 2.05) is 0 Å². The molecule has 0 aliphatic rings. The Bertz CT molecular complexity index is 1460. The molecule has 0 fully saturated rings. The first kappa shape index (κ1) is 24.9. The zero-order chi connectivity index (χ0) is 26.2. The van der Waals surface area contributed by atoms with Gasteiger partial charge in [-0.05, 0) is 67.6 Å². The summed E-state index contributed by atoms with van der Waals surface area (Å²) in [5, 5.41) is 9.28. The molecule has 1 heterocycles. The van der Waals surface area contributed by atoms with E-state index in [-0.39, 0.29) is 28.3 Å². The summed E-state index contributed by atoms with van der Waals surface area (Å²) in [4.78, 5) is 11.4. The number of carboxylic acids is 1. The molecule has 36 heavy (non-hydrogen) atoms. The van der Waals surface area contributed by atoms with E-state index in [1.165, 1.54) is 16.7 Å². The Hall–Kier alpha value is -4.21. The van der Waals surface area contributed by atoms with Crippen LogP contribution in [0.5, 0.6) is 5.75 Å². The highest BCUT2D eigenvalue weighted by Gasteiger charge is 2.32. The fourth-order valence-electron chi connectivity index (χ4n) is 3.73. The third-order valence-corrected chi connectivity index (χ3v) is 5.50. The van der Waals surface area contributed by atoms with Crippen LogP contribution in [0.3, 0.4) is 0 Å². The predicted octanol–water partition coefficient (Wildman–Crippen LogP) is 7.17. The molecule has 3 aromatic carbocycles. The van der Waals surface area contributed by atoms with Gasteiger partial charge in [0.05, 0.1) is 16.8 Å². The number of nitrogens with zero attached hydrogens (tertiary/aromatic N) is 1. The number of halogens is 6. The van der Waals surface area contributed by atoms with Crippen LogP contribution in [0.25, 0.3) is 16.9 Å². The molecule has 4 aromatic rings. The van der Waals surface area contributed by atoms with E-state index in [9.17, 15) is 36.2 Å². The van der Waals surface area contributed by atoms with Crippen molar-refractivity contribution in [3.05, 3.63) is 107 Å². The van der Waals surface area contributed by atoms with E-state index in [0.29, 0.717) is 11.8 Å². The van der Waals surface area contributed by atoms with Crippen molar-refractivity contribution in [1.29, 1.82) is 0 Å². The number of carbonyl (C=O) groups is 1. The first-order valence-corrected chi connectivity index (χ1v) is 10.5. The average molecular weight is 505 g/mol. The van der Waals surface area contributed by atoms with E-state index in [0.717, 1.165) is 42.5 Å². The third-order valence-electron chi connectivity index (χ3n) is 5.50. The van der Waals surface area contributed by atoms with Crippen LogP contribution < -0.4 is 4.74 Å². The van der Waals surface area contributed by atoms with Crippen LogP contribution in [-0.2, 0) is 12.8 Å². The predicted molar refractivity (Wildman–Crippen MR) is 119 cm³/mol. The molecule has 1 N–H and O–H groups in total. The number of ether oxygens (including phenoxy) is 1. The Kier molecular flexibility index (Phi) is 6.53. The summed E-state index contributed by atoms with van der Waals surface area (Å²) in [6.45, 7) is 1.24. The summed E-state index contributed by atoms with van der Waals surface area (Å²) >= 11 is 0. The van der Waals surface area contributed by atoms with Gasteiger partial charge in [-0.2, -0.15) is 13.2 Å². The van der Waals surface area contributed by atoms with Crippen molar-refractivity contribution in [2.75, 3.05) is 0 Å². The zero-order valence-corrected chi connectivity index (χ0v) is 18.5. The molecule has 0 aliphatic carbocycles. The molecule has 0 radical (unpaired) electrons. The lowest BCUT2D eigenvalue weighted by atomic mass is 10.1. The zero-order valence-electron chi connectivity index (χ0n) is 18.5. The van der Waals surface area contributed by atoms with E-state index < -0.39 is 47.3 Å². The number of benzene rings is 3. The Morgan fingerprint density at radius 2 is 1.67 bits per heavy atom. The molecular formula is C26H17F6NO3. The van der Waals surface area contributed by atoms with Crippen LogP contribution in [-0.4, -0.2) is 15.6 Å². The molecule has 0 amide bonds. The van der Waals surface area contributed by atoms with Gasteiger partial charge in [-0.1, -0.05) is 0 Å². The SMILES string of the molecule is Cc1ccc(-c2cc(C(F)(F)F)ccc2OCc2ccc(F)cc2F)n1-c1ccc(F)c(C(=O)O)c1. The Balaban J connectivity index is 1.84. The maximum atomic E-state index is 14.1. The third kappa shape index (κ3) is 4.93. The van der Waals surface area contributed by atoms with E-state index in [4.69, 9.17) is 4.74 Å². The van der Waals surface area contributed by atoms with Crippen molar-refractivity contribution in [2.45, 2.75) is 19.7 Å². The average Bonchev–Trinajstić information content (AvgIpc) is 3.19. The smallest absolute Gasteiger partial charge is 0.416 e. The van der Waals surface area contributed by atoms with Crippen LogP contribution in [0.2, 0.25) is 0 Å². The number of carboxylic acid groups (broad SMARTS) is 1. The van der Waals surface area contributed by atoms with Crippen molar-refractivity contribution >= 4 is 5.97 Å². The number of hydrogen-bond donors (Lipinski definition) is 1. The second-order valence-corrected chi connectivity index (χ2v) is 7.90. The molecule has 0 atom stereocenters. The van der Waals surface area contributed by atoms with Gasteiger partial charge in [0, 0.05) is 28.6 Å². The number of aromatic nitrogens is 1. The molecule has 0 saturated carbocycles. The largest absolute Gasteiger partial charge is 0.488 e. The second kappa shape index (κ2) is 9.44. The molecule has 0 bridgehead atoms. The lowest BCUT2D eigenvalue weighted by Crippen LogP contribution is -2.08. The molecule has 0 spiro atoms.